The number of ether oxygens (including phenoxy) is 1. The second-order valence-corrected chi connectivity index (χ2v) is 7.36. The molecule has 22 heavy (non-hydrogen) atoms. The van der Waals surface area contributed by atoms with Crippen LogP contribution in [0, 0.1) is 26.2 Å². The van der Waals surface area contributed by atoms with Crippen molar-refractivity contribution in [1.82, 2.24) is 0 Å². The lowest BCUT2D eigenvalue weighted by atomic mass is 9.86. The first-order valence-corrected chi connectivity index (χ1v) is 8.15. The summed E-state index contributed by atoms with van der Waals surface area (Å²) in [5, 5.41) is 0. The maximum absolute atomic E-state index is 6.41. The van der Waals surface area contributed by atoms with Crippen LogP contribution in [0.25, 0.3) is 0 Å². The molecule has 0 aliphatic heterocycles. The molecule has 0 spiro atoms. The number of hydrogen-bond donors (Lipinski definition) is 0. The van der Waals surface area contributed by atoms with Crippen LogP contribution >= 0.6 is 0 Å². The zero-order chi connectivity index (χ0) is 15.9. The van der Waals surface area contributed by atoms with E-state index in [-0.39, 0.29) is 11.5 Å². The summed E-state index contributed by atoms with van der Waals surface area (Å²) in [7, 11) is 0. The molecule has 0 aromatic heterocycles. The Labute approximate surface area is 134 Å². The highest BCUT2D eigenvalue weighted by Crippen LogP contribution is 2.50. The minimum absolute atomic E-state index is 0.155. The fourth-order valence-electron chi connectivity index (χ4n) is 3.73. The summed E-state index contributed by atoms with van der Waals surface area (Å²) in [6.07, 6.45) is 1.28. The Kier molecular flexibility index (Phi) is 3.86. The summed E-state index contributed by atoms with van der Waals surface area (Å²) in [4.78, 5) is 0. The highest BCUT2D eigenvalue weighted by atomic mass is 16.5. The molecule has 2 aromatic rings. The van der Waals surface area contributed by atoms with E-state index in [1.165, 1.54) is 33.4 Å². The Morgan fingerprint density at radius 3 is 2.41 bits per heavy atom. The van der Waals surface area contributed by atoms with Gasteiger partial charge in [-0.1, -0.05) is 50.2 Å². The molecule has 1 aliphatic rings. The van der Waals surface area contributed by atoms with Gasteiger partial charge in [0.1, 0.15) is 0 Å². The third kappa shape index (κ3) is 2.59. The van der Waals surface area contributed by atoms with Crippen LogP contribution in [0.4, 0.5) is 0 Å². The van der Waals surface area contributed by atoms with E-state index < -0.39 is 0 Å². The summed E-state index contributed by atoms with van der Waals surface area (Å²) in [6.45, 7) is 12.0. The fraction of sp³-hybridized carbons (Fsp3) is 0.429. The summed E-state index contributed by atoms with van der Waals surface area (Å²) in [6, 6.07) is 12.8. The first kappa shape index (κ1) is 15.3. The third-order valence-electron chi connectivity index (χ3n) is 5.17. The molecule has 0 bridgehead atoms. The Balaban J connectivity index is 1.93. The Morgan fingerprint density at radius 2 is 1.73 bits per heavy atom. The van der Waals surface area contributed by atoms with E-state index in [4.69, 9.17) is 4.74 Å². The van der Waals surface area contributed by atoms with Gasteiger partial charge in [0, 0.05) is 0 Å². The average Bonchev–Trinajstić information content (AvgIpc) is 2.73. The van der Waals surface area contributed by atoms with Gasteiger partial charge in [0.25, 0.3) is 0 Å². The number of benzene rings is 2. The van der Waals surface area contributed by atoms with Gasteiger partial charge in [-0.15, -0.1) is 0 Å². The van der Waals surface area contributed by atoms with Gasteiger partial charge < -0.3 is 4.74 Å². The van der Waals surface area contributed by atoms with Crippen molar-refractivity contribution < 1.29 is 4.74 Å². The smallest absolute Gasteiger partial charge is 0.0888 e. The van der Waals surface area contributed by atoms with E-state index in [2.05, 4.69) is 71.0 Å². The molecule has 3 rings (SSSR count). The van der Waals surface area contributed by atoms with E-state index >= 15 is 0 Å². The van der Waals surface area contributed by atoms with Gasteiger partial charge in [0.15, 0.2) is 0 Å². The van der Waals surface area contributed by atoms with Gasteiger partial charge >= 0.3 is 0 Å². The normalized spacial score (nSPS) is 19.2. The summed E-state index contributed by atoms with van der Waals surface area (Å²) < 4.78 is 6.41. The lowest BCUT2D eigenvalue weighted by Gasteiger charge is -2.28. The second-order valence-electron chi connectivity index (χ2n) is 7.36. The number of fused-ring (bicyclic) bond motifs is 1. The van der Waals surface area contributed by atoms with Crippen LogP contribution in [0.3, 0.4) is 0 Å². The zero-order valence-electron chi connectivity index (χ0n) is 14.4. The first-order chi connectivity index (χ1) is 10.4. The largest absolute Gasteiger partial charge is 0.368 e. The fourth-order valence-corrected chi connectivity index (χ4v) is 3.73. The van der Waals surface area contributed by atoms with E-state index in [1.807, 2.05) is 0 Å². The van der Waals surface area contributed by atoms with Crippen LogP contribution in [-0.4, -0.2) is 0 Å². The van der Waals surface area contributed by atoms with Crippen molar-refractivity contribution in [3.8, 4) is 0 Å². The first-order valence-electron chi connectivity index (χ1n) is 8.15. The molecule has 1 nitrogen and oxygen atoms in total. The van der Waals surface area contributed by atoms with Gasteiger partial charge in [-0.2, -0.15) is 0 Å². The zero-order valence-corrected chi connectivity index (χ0v) is 14.4. The van der Waals surface area contributed by atoms with Crippen molar-refractivity contribution in [3.63, 3.8) is 0 Å². The maximum atomic E-state index is 6.41. The quantitative estimate of drug-likeness (QED) is 0.731. The molecule has 0 saturated heterocycles. The topological polar surface area (TPSA) is 9.23 Å². The third-order valence-corrected chi connectivity index (χ3v) is 5.17. The van der Waals surface area contributed by atoms with E-state index in [9.17, 15) is 0 Å². The Hall–Kier alpha value is -1.60. The molecule has 0 fully saturated rings. The number of aryl methyl sites for hydroxylation is 1. The minimum atomic E-state index is 0.155. The number of rotatable bonds is 3. The SMILES string of the molecule is Cc1cc2c(c(C)c1C)[C@H](OCc1ccccc1)C(C)(C)C2. The van der Waals surface area contributed by atoms with Gasteiger partial charge in [-0.3, -0.25) is 0 Å². The van der Waals surface area contributed by atoms with E-state index in [0.717, 1.165) is 6.42 Å². The average molecular weight is 294 g/mol. The number of hydrogen-bond acceptors (Lipinski definition) is 1. The van der Waals surface area contributed by atoms with E-state index in [0.29, 0.717) is 6.61 Å². The van der Waals surface area contributed by atoms with Crippen molar-refractivity contribution in [3.05, 3.63) is 69.8 Å². The van der Waals surface area contributed by atoms with Crippen LogP contribution in [-0.2, 0) is 17.8 Å². The summed E-state index contributed by atoms with van der Waals surface area (Å²) in [5.41, 5.74) is 8.53. The van der Waals surface area contributed by atoms with Crippen LogP contribution in [0.15, 0.2) is 36.4 Å². The van der Waals surface area contributed by atoms with Crippen molar-refractivity contribution in [2.75, 3.05) is 0 Å². The highest BCUT2D eigenvalue weighted by molar-refractivity contribution is 5.49. The molecule has 0 amide bonds. The van der Waals surface area contributed by atoms with Gasteiger partial charge in [-0.25, -0.2) is 0 Å². The van der Waals surface area contributed by atoms with Crippen molar-refractivity contribution in [2.45, 2.75) is 53.8 Å². The van der Waals surface area contributed by atoms with Crippen LogP contribution in [0.5, 0.6) is 0 Å². The molecule has 0 radical (unpaired) electrons. The Morgan fingerprint density at radius 1 is 1.05 bits per heavy atom. The molecule has 2 aromatic carbocycles. The molecular formula is C21H26O. The molecular weight excluding hydrogens is 268 g/mol. The lowest BCUT2D eigenvalue weighted by Crippen LogP contribution is -2.20. The van der Waals surface area contributed by atoms with Gasteiger partial charge in [-0.05, 0) is 66.0 Å². The summed E-state index contributed by atoms with van der Waals surface area (Å²) in [5.74, 6) is 0. The van der Waals surface area contributed by atoms with Gasteiger partial charge in [0.2, 0.25) is 0 Å². The predicted octanol–water partition coefficient (Wildman–Crippen LogP) is 5.45. The van der Waals surface area contributed by atoms with Crippen molar-refractivity contribution >= 4 is 0 Å². The maximum Gasteiger partial charge on any atom is 0.0888 e. The molecule has 1 atom stereocenters. The standard InChI is InChI=1S/C21H26O/c1-14-11-18-12-21(4,5)20(19(18)16(3)15(14)2)22-13-17-9-7-6-8-10-17/h6-11,20H,12-13H2,1-5H3/t20-/m0/s1. The molecule has 0 N–H and O–H groups in total. The second kappa shape index (κ2) is 5.55. The van der Waals surface area contributed by atoms with Crippen LogP contribution < -0.4 is 0 Å². The van der Waals surface area contributed by atoms with Gasteiger partial charge in [0.05, 0.1) is 12.7 Å². The highest BCUT2D eigenvalue weighted by Gasteiger charge is 2.41. The molecule has 116 valence electrons. The van der Waals surface area contributed by atoms with Crippen molar-refractivity contribution in [2.24, 2.45) is 5.41 Å². The van der Waals surface area contributed by atoms with Crippen LogP contribution in [0.1, 0.15) is 53.3 Å². The van der Waals surface area contributed by atoms with Crippen molar-refractivity contribution in [1.29, 1.82) is 0 Å². The molecule has 0 unspecified atom stereocenters. The molecule has 1 aliphatic carbocycles. The molecule has 1 heteroatoms. The molecule has 0 saturated carbocycles. The lowest BCUT2D eigenvalue weighted by molar-refractivity contribution is -0.0272. The van der Waals surface area contributed by atoms with Crippen LogP contribution in [0.2, 0.25) is 0 Å². The monoisotopic (exact) mass is 294 g/mol. The summed E-state index contributed by atoms with van der Waals surface area (Å²) >= 11 is 0. The Bertz CT molecular complexity index is 683. The predicted molar refractivity (Wildman–Crippen MR) is 92.1 cm³/mol. The van der Waals surface area contributed by atoms with E-state index in [1.54, 1.807) is 0 Å². The molecule has 0 heterocycles. The minimum Gasteiger partial charge on any atom is -0.368 e.